The van der Waals surface area contributed by atoms with E-state index in [2.05, 4.69) is 38.1 Å². The second-order valence-corrected chi connectivity index (χ2v) is 11.7. The summed E-state index contributed by atoms with van der Waals surface area (Å²) in [5.41, 5.74) is 3.10. The third kappa shape index (κ3) is 21.3. The van der Waals surface area contributed by atoms with E-state index in [0.29, 0.717) is 0 Å². The lowest BCUT2D eigenvalue weighted by atomic mass is 9.96. The maximum absolute atomic E-state index is 3.58. The van der Waals surface area contributed by atoms with Crippen LogP contribution < -0.4 is 0 Å². The number of hydrogen-bond acceptors (Lipinski definition) is 0. The predicted molar refractivity (Wildman–Crippen MR) is 164 cm³/mol. The Hall–Kier alpha value is -0.780. The van der Waals surface area contributed by atoms with Crippen molar-refractivity contribution in [2.45, 2.75) is 194 Å². The molecule has 0 amide bonds. The maximum atomic E-state index is 3.58. The van der Waals surface area contributed by atoms with E-state index in [0.717, 1.165) is 0 Å². The lowest BCUT2D eigenvalue weighted by Gasteiger charge is -2.09. The molecular formula is C36H65. The first-order valence-corrected chi connectivity index (χ1v) is 16.9. The van der Waals surface area contributed by atoms with Crippen LogP contribution in [-0.4, -0.2) is 0 Å². The van der Waals surface area contributed by atoms with Crippen LogP contribution in [0.2, 0.25) is 0 Å². The number of unbranched alkanes of at least 4 members (excludes halogenated alkanes) is 24. The minimum atomic E-state index is 1.24. The molecule has 0 saturated heterocycles. The second-order valence-electron chi connectivity index (χ2n) is 11.7. The van der Waals surface area contributed by atoms with Crippen molar-refractivity contribution in [1.82, 2.24) is 0 Å². The fraction of sp³-hybridized carbons (Fsp3) is 0.833. The Morgan fingerprint density at radius 2 is 0.750 bits per heavy atom. The molecule has 1 radical (unpaired) electrons. The van der Waals surface area contributed by atoms with Crippen LogP contribution in [0.3, 0.4) is 0 Å². The van der Waals surface area contributed by atoms with Gasteiger partial charge in [0, 0.05) is 0 Å². The van der Waals surface area contributed by atoms with Crippen molar-refractivity contribution in [3.63, 3.8) is 0 Å². The fourth-order valence-corrected chi connectivity index (χ4v) is 5.63. The molecule has 0 aliphatic rings. The lowest BCUT2D eigenvalue weighted by molar-refractivity contribution is 0.537. The van der Waals surface area contributed by atoms with Crippen LogP contribution in [0.4, 0.5) is 0 Å². The molecule has 0 nitrogen and oxygen atoms in total. The number of aryl methyl sites for hydroxylation is 2. The van der Waals surface area contributed by atoms with E-state index >= 15 is 0 Å². The van der Waals surface area contributed by atoms with Gasteiger partial charge in [0.15, 0.2) is 0 Å². The van der Waals surface area contributed by atoms with E-state index in [1.165, 1.54) is 185 Å². The van der Waals surface area contributed by atoms with Crippen LogP contribution in [0.5, 0.6) is 0 Å². The van der Waals surface area contributed by atoms with E-state index < -0.39 is 0 Å². The Kier molecular flexibility index (Phi) is 25.2. The monoisotopic (exact) mass is 498 g/mol. The van der Waals surface area contributed by atoms with Crippen molar-refractivity contribution in [2.75, 3.05) is 0 Å². The van der Waals surface area contributed by atoms with Gasteiger partial charge in [-0.1, -0.05) is 186 Å². The minimum Gasteiger partial charge on any atom is -0.0654 e. The average Bonchev–Trinajstić information content (AvgIpc) is 2.90. The SMILES string of the molecule is CCCCCCCCCCCCCCCc1[c]cccc1CCCCCCCCCCCCCCC. The van der Waals surface area contributed by atoms with Gasteiger partial charge in [0.25, 0.3) is 0 Å². The molecular weight excluding hydrogens is 432 g/mol. The Balaban J connectivity index is 1.94. The summed E-state index contributed by atoms with van der Waals surface area (Å²) in [7, 11) is 0. The van der Waals surface area contributed by atoms with E-state index in [4.69, 9.17) is 0 Å². The molecule has 0 N–H and O–H groups in total. The predicted octanol–water partition coefficient (Wildman–Crippen LogP) is 12.8. The van der Waals surface area contributed by atoms with Crippen LogP contribution in [0, 0.1) is 6.07 Å². The van der Waals surface area contributed by atoms with Crippen molar-refractivity contribution in [2.24, 2.45) is 0 Å². The van der Waals surface area contributed by atoms with Crippen molar-refractivity contribution >= 4 is 0 Å². The van der Waals surface area contributed by atoms with Crippen molar-refractivity contribution in [3.05, 3.63) is 35.4 Å². The molecule has 0 heterocycles. The summed E-state index contributed by atoms with van der Waals surface area (Å²) in [4.78, 5) is 0. The van der Waals surface area contributed by atoms with Gasteiger partial charge < -0.3 is 0 Å². The lowest BCUT2D eigenvalue weighted by Crippen LogP contribution is -1.96. The summed E-state index contributed by atoms with van der Waals surface area (Å²) in [6, 6.07) is 10.3. The van der Waals surface area contributed by atoms with E-state index in [-0.39, 0.29) is 0 Å². The van der Waals surface area contributed by atoms with Crippen molar-refractivity contribution < 1.29 is 0 Å². The van der Waals surface area contributed by atoms with Crippen molar-refractivity contribution in [1.29, 1.82) is 0 Å². The van der Waals surface area contributed by atoms with E-state index in [1.54, 1.807) is 5.56 Å². The summed E-state index contributed by atoms with van der Waals surface area (Å²) in [5.74, 6) is 0. The molecule has 36 heavy (non-hydrogen) atoms. The zero-order valence-electron chi connectivity index (χ0n) is 25.0. The molecule has 1 aromatic carbocycles. The smallest absolute Gasteiger partial charge is 0.0146 e. The Bertz CT molecular complexity index is 496. The number of rotatable bonds is 28. The molecule has 0 aliphatic carbocycles. The van der Waals surface area contributed by atoms with Gasteiger partial charge in [-0.05, 0) is 42.9 Å². The number of benzene rings is 1. The first-order valence-electron chi connectivity index (χ1n) is 16.9. The van der Waals surface area contributed by atoms with Gasteiger partial charge in [-0.2, -0.15) is 0 Å². The molecule has 0 fully saturated rings. The highest BCUT2D eigenvalue weighted by atomic mass is 14.1. The topological polar surface area (TPSA) is 0 Å². The Morgan fingerprint density at radius 1 is 0.417 bits per heavy atom. The van der Waals surface area contributed by atoms with Crippen LogP contribution in [-0.2, 0) is 12.8 Å². The highest BCUT2D eigenvalue weighted by Gasteiger charge is 2.03. The molecule has 0 aromatic heterocycles. The van der Waals surface area contributed by atoms with Crippen LogP contribution >= 0.6 is 0 Å². The highest BCUT2D eigenvalue weighted by molar-refractivity contribution is 5.26. The molecule has 1 rings (SSSR count). The Labute approximate surface area is 228 Å². The minimum absolute atomic E-state index is 1.24. The van der Waals surface area contributed by atoms with Gasteiger partial charge in [0.1, 0.15) is 0 Å². The van der Waals surface area contributed by atoms with E-state index in [9.17, 15) is 0 Å². The molecule has 0 aliphatic heterocycles. The van der Waals surface area contributed by atoms with Gasteiger partial charge >= 0.3 is 0 Å². The van der Waals surface area contributed by atoms with Crippen LogP contribution in [0.1, 0.15) is 192 Å². The first kappa shape index (κ1) is 33.2. The van der Waals surface area contributed by atoms with Crippen molar-refractivity contribution in [3.8, 4) is 0 Å². The maximum Gasteiger partial charge on any atom is -0.0146 e. The zero-order valence-corrected chi connectivity index (χ0v) is 25.0. The third-order valence-corrected chi connectivity index (χ3v) is 8.12. The Morgan fingerprint density at radius 3 is 1.14 bits per heavy atom. The summed E-state index contributed by atoms with van der Waals surface area (Å²) >= 11 is 0. The largest absolute Gasteiger partial charge is 0.0654 e. The molecule has 0 spiro atoms. The van der Waals surface area contributed by atoms with Gasteiger partial charge in [0.2, 0.25) is 0 Å². The van der Waals surface area contributed by atoms with Gasteiger partial charge in [-0.25, -0.2) is 0 Å². The summed E-state index contributed by atoms with van der Waals surface area (Å²) in [5, 5.41) is 0. The molecule has 0 heteroatoms. The molecule has 209 valence electrons. The highest BCUT2D eigenvalue weighted by Crippen LogP contribution is 2.18. The van der Waals surface area contributed by atoms with E-state index in [1.807, 2.05) is 0 Å². The van der Waals surface area contributed by atoms with Crippen LogP contribution in [0.25, 0.3) is 0 Å². The summed E-state index contributed by atoms with van der Waals surface area (Å²) < 4.78 is 0. The summed E-state index contributed by atoms with van der Waals surface area (Å²) in [6.45, 7) is 4.61. The standard InChI is InChI=1S/C36H65/c1-3-5-7-9-11-13-15-17-19-21-23-25-27-31-35-33-29-30-34-36(35)32-28-26-24-22-20-18-16-14-12-10-8-6-4-2/h29-30,33H,3-28,31-32H2,1-2H3. The second kappa shape index (κ2) is 27.3. The normalized spacial score (nSPS) is 11.4. The molecule has 0 unspecified atom stereocenters. The molecule has 0 bridgehead atoms. The molecule has 0 atom stereocenters. The molecule has 1 aromatic rings. The van der Waals surface area contributed by atoms with Crippen LogP contribution in [0.15, 0.2) is 18.2 Å². The first-order chi connectivity index (χ1) is 17.9. The van der Waals surface area contributed by atoms with Gasteiger partial charge in [-0.3, -0.25) is 0 Å². The molecule has 0 saturated carbocycles. The average molecular weight is 498 g/mol. The van der Waals surface area contributed by atoms with Gasteiger partial charge in [0.05, 0.1) is 0 Å². The summed E-state index contributed by atoms with van der Waals surface area (Å²) in [6.07, 6.45) is 39.9. The quantitative estimate of drug-likeness (QED) is 0.101. The number of hydrogen-bond donors (Lipinski definition) is 0. The zero-order chi connectivity index (χ0) is 25.8. The third-order valence-electron chi connectivity index (χ3n) is 8.12. The fourth-order valence-electron chi connectivity index (χ4n) is 5.63. The van der Waals surface area contributed by atoms with Gasteiger partial charge in [-0.15, -0.1) is 0 Å².